The van der Waals surface area contributed by atoms with E-state index >= 15 is 0 Å². The number of aliphatic hydroxyl groups excluding tert-OH is 1. The molecule has 0 spiro atoms. The Bertz CT molecular complexity index is 634. The second-order valence-corrected chi connectivity index (χ2v) is 5.23. The first-order valence-corrected chi connectivity index (χ1v) is 6.85. The number of nitrogens with zero attached hydrogens (tertiary/aromatic N) is 2. The van der Waals surface area contributed by atoms with Crippen LogP contribution in [-0.4, -0.2) is 33.6 Å². The highest BCUT2D eigenvalue weighted by molar-refractivity contribution is 7.15. The standard InChI is InChI=1S/C12H15N3O3S/c1-8(2-4-16)6-13-10(17)9-7-14-12-15(11(9)18)3-5-19-12/h3,5,7-8,16H,2,4,6H2,1H3,(H,13,17). The number of hydrogen-bond acceptors (Lipinski definition) is 5. The smallest absolute Gasteiger partial charge is 0.271 e. The summed E-state index contributed by atoms with van der Waals surface area (Å²) in [7, 11) is 0. The molecule has 2 aromatic rings. The molecule has 0 fully saturated rings. The fourth-order valence-corrected chi connectivity index (χ4v) is 2.34. The molecule has 2 rings (SSSR count). The Balaban J connectivity index is 2.13. The van der Waals surface area contributed by atoms with Crippen LogP contribution < -0.4 is 10.9 Å². The summed E-state index contributed by atoms with van der Waals surface area (Å²) in [6, 6.07) is 0. The Morgan fingerprint density at radius 2 is 2.42 bits per heavy atom. The summed E-state index contributed by atoms with van der Waals surface area (Å²) < 4.78 is 1.36. The van der Waals surface area contributed by atoms with E-state index in [-0.39, 0.29) is 23.6 Å². The van der Waals surface area contributed by atoms with Crippen LogP contribution in [0.25, 0.3) is 4.96 Å². The molecule has 19 heavy (non-hydrogen) atoms. The summed E-state index contributed by atoms with van der Waals surface area (Å²) >= 11 is 1.34. The first kappa shape index (κ1) is 13.7. The Labute approximate surface area is 113 Å². The minimum absolute atomic E-state index is 0.0344. The highest BCUT2D eigenvalue weighted by atomic mass is 32.1. The Morgan fingerprint density at radius 3 is 3.16 bits per heavy atom. The Hall–Kier alpha value is -1.73. The average molecular weight is 281 g/mol. The molecule has 0 radical (unpaired) electrons. The number of rotatable bonds is 5. The van der Waals surface area contributed by atoms with Crippen LogP contribution >= 0.6 is 11.3 Å². The van der Waals surface area contributed by atoms with Crippen LogP contribution in [0.3, 0.4) is 0 Å². The SMILES string of the molecule is CC(CCO)CNC(=O)c1cnc2sccn2c1=O. The van der Waals surface area contributed by atoms with Crippen molar-refractivity contribution in [3.05, 3.63) is 33.7 Å². The number of nitrogens with one attached hydrogen (secondary N) is 1. The van der Waals surface area contributed by atoms with Gasteiger partial charge in [-0.1, -0.05) is 6.92 Å². The molecule has 6 nitrogen and oxygen atoms in total. The van der Waals surface area contributed by atoms with E-state index in [9.17, 15) is 9.59 Å². The molecular formula is C12H15N3O3S. The molecule has 1 atom stereocenters. The van der Waals surface area contributed by atoms with Gasteiger partial charge in [-0.15, -0.1) is 11.3 Å². The summed E-state index contributed by atoms with van der Waals surface area (Å²) in [5.41, 5.74) is -0.328. The van der Waals surface area contributed by atoms with E-state index in [1.165, 1.54) is 21.9 Å². The van der Waals surface area contributed by atoms with Crippen molar-refractivity contribution in [2.24, 2.45) is 5.92 Å². The van der Waals surface area contributed by atoms with Gasteiger partial charge in [0, 0.05) is 30.9 Å². The molecule has 102 valence electrons. The molecule has 0 saturated carbocycles. The van der Waals surface area contributed by atoms with E-state index in [0.717, 1.165) is 0 Å². The van der Waals surface area contributed by atoms with Crippen LogP contribution in [0.1, 0.15) is 23.7 Å². The van der Waals surface area contributed by atoms with Gasteiger partial charge in [-0.05, 0) is 12.3 Å². The Kier molecular flexibility index (Phi) is 4.28. The number of fused-ring (bicyclic) bond motifs is 1. The minimum atomic E-state index is -0.428. The zero-order valence-corrected chi connectivity index (χ0v) is 11.3. The van der Waals surface area contributed by atoms with Crippen molar-refractivity contribution in [1.29, 1.82) is 0 Å². The molecule has 0 aliphatic rings. The number of hydrogen-bond donors (Lipinski definition) is 2. The predicted molar refractivity (Wildman–Crippen MR) is 72.5 cm³/mol. The maximum atomic E-state index is 12.0. The van der Waals surface area contributed by atoms with Gasteiger partial charge in [0.2, 0.25) is 0 Å². The molecule has 1 unspecified atom stereocenters. The van der Waals surface area contributed by atoms with Crippen molar-refractivity contribution in [2.75, 3.05) is 13.2 Å². The fourth-order valence-electron chi connectivity index (χ4n) is 1.66. The topological polar surface area (TPSA) is 83.7 Å². The van der Waals surface area contributed by atoms with E-state index < -0.39 is 5.91 Å². The number of thiazole rings is 1. The van der Waals surface area contributed by atoms with Gasteiger partial charge in [0.1, 0.15) is 5.56 Å². The highest BCUT2D eigenvalue weighted by Crippen LogP contribution is 2.06. The molecule has 2 heterocycles. The number of carbonyl (C=O) groups excluding carboxylic acids is 1. The molecule has 7 heteroatoms. The second-order valence-electron chi connectivity index (χ2n) is 4.36. The van der Waals surface area contributed by atoms with E-state index in [1.807, 2.05) is 6.92 Å². The number of amides is 1. The maximum Gasteiger partial charge on any atom is 0.271 e. The van der Waals surface area contributed by atoms with Gasteiger partial charge in [0.05, 0.1) is 0 Å². The van der Waals surface area contributed by atoms with Gasteiger partial charge >= 0.3 is 0 Å². The van der Waals surface area contributed by atoms with Crippen LogP contribution in [-0.2, 0) is 0 Å². The molecule has 1 amide bonds. The van der Waals surface area contributed by atoms with Gasteiger partial charge in [0.15, 0.2) is 4.96 Å². The lowest BCUT2D eigenvalue weighted by Gasteiger charge is -2.10. The van der Waals surface area contributed by atoms with Crippen molar-refractivity contribution >= 4 is 22.2 Å². The highest BCUT2D eigenvalue weighted by Gasteiger charge is 2.14. The number of carbonyl (C=O) groups is 1. The Morgan fingerprint density at radius 1 is 1.63 bits per heavy atom. The van der Waals surface area contributed by atoms with Crippen molar-refractivity contribution in [3.63, 3.8) is 0 Å². The first-order valence-electron chi connectivity index (χ1n) is 5.97. The van der Waals surface area contributed by atoms with Crippen LogP contribution in [0, 0.1) is 5.92 Å². The van der Waals surface area contributed by atoms with Crippen LogP contribution in [0.4, 0.5) is 0 Å². The number of aromatic nitrogens is 2. The molecule has 2 aromatic heterocycles. The van der Waals surface area contributed by atoms with Crippen LogP contribution in [0.15, 0.2) is 22.6 Å². The molecule has 0 aliphatic heterocycles. The fraction of sp³-hybridized carbons (Fsp3) is 0.417. The average Bonchev–Trinajstić information content (AvgIpc) is 2.86. The lowest BCUT2D eigenvalue weighted by Crippen LogP contribution is -2.33. The lowest BCUT2D eigenvalue weighted by atomic mass is 10.1. The van der Waals surface area contributed by atoms with Crippen molar-refractivity contribution < 1.29 is 9.90 Å². The van der Waals surface area contributed by atoms with E-state index in [4.69, 9.17) is 5.11 Å². The summed E-state index contributed by atoms with van der Waals surface area (Å²) in [5.74, 6) is -0.266. The summed E-state index contributed by atoms with van der Waals surface area (Å²) in [5, 5.41) is 13.2. The summed E-state index contributed by atoms with van der Waals surface area (Å²) in [4.78, 5) is 28.6. The second kappa shape index (κ2) is 5.94. The van der Waals surface area contributed by atoms with Crippen LogP contribution in [0.5, 0.6) is 0 Å². The summed E-state index contributed by atoms with van der Waals surface area (Å²) in [6.45, 7) is 2.43. The van der Waals surface area contributed by atoms with Gasteiger partial charge in [-0.2, -0.15) is 0 Å². The third kappa shape index (κ3) is 2.99. The third-order valence-corrected chi connectivity index (χ3v) is 3.59. The zero-order valence-electron chi connectivity index (χ0n) is 10.5. The van der Waals surface area contributed by atoms with Crippen molar-refractivity contribution in [1.82, 2.24) is 14.7 Å². The molecule has 0 saturated heterocycles. The maximum absolute atomic E-state index is 12.0. The third-order valence-electron chi connectivity index (χ3n) is 2.82. The van der Waals surface area contributed by atoms with Gasteiger partial charge < -0.3 is 10.4 Å². The van der Waals surface area contributed by atoms with E-state index in [2.05, 4.69) is 10.3 Å². The van der Waals surface area contributed by atoms with E-state index in [0.29, 0.717) is 17.9 Å². The van der Waals surface area contributed by atoms with Crippen molar-refractivity contribution in [2.45, 2.75) is 13.3 Å². The molecule has 0 bridgehead atoms. The lowest BCUT2D eigenvalue weighted by molar-refractivity contribution is 0.0943. The minimum Gasteiger partial charge on any atom is -0.396 e. The van der Waals surface area contributed by atoms with Gasteiger partial charge in [-0.25, -0.2) is 4.98 Å². The van der Waals surface area contributed by atoms with Gasteiger partial charge in [-0.3, -0.25) is 14.0 Å². The number of aliphatic hydroxyl groups is 1. The monoisotopic (exact) mass is 281 g/mol. The quantitative estimate of drug-likeness (QED) is 0.836. The van der Waals surface area contributed by atoms with Crippen molar-refractivity contribution in [3.8, 4) is 0 Å². The molecule has 0 aliphatic carbocycles. The summed E-state index contributed by atoms with van der Waals surface area (Å²) in [6.07, 6.45) is 3.52. The molecular weight excluding hydrogens is 266 g/mol. The molecule has 0 aromatic carbocycles. The zero-order chi connectivity index (χ0) is 13.8. The van der Waals surface area contributed by atoms with Crippen LogP contribution in [0.2, 0.25) is 0 Å². The normalized spacial score (nSPS) is 12.5. The van der Waals surface area contributed by atoms with E-state index in [1.54, 1.807) is 11.6 Å². The largest absolute Gasteiger partial charge is 0.396 e. The van der Waals surface area contributed by atoms with Gasteiger partial charge in [0.25, 0.3) is 11.5 Å². The molecule has 2 N–H and O–H groups in total. The first-order chi connectivity index (χ1) is 9.13. The predicted octanol–water partition coefficient (Wildman–Crippen LogP) is 0.504.